The summed E-state index contributed by atoms with van der Waals surface area (Å²) in [6, 6.07) is 14.2. The Hall–Kier alpha value is -3.28. The Bertz CT molecular complexity index is 984. The van der Waals surface area contributed by atoms with Gasteiger partial charge in [0.25, 0.3) is 5.91 Å². The van der Waals surface area contributed by atoms with Gasteiger partial charge in [-0.3, -0.25) is 14.8 Å². The molecule has 0 bridgehead atoms. The van der Waals surface area contributed by atoms with Crippen molar-refractivity contribution < 1.29 is 14.3 Å². The Morgan fingerprint density at radius 3 is 2.36 bits per heavy atom. The predicted octanol–water partition coefficient (Wildman–Crippen LogP) is 3.54. The highest BCUT2D eigenvalue weighted by Crippen LogP contribution is 2.24. The van der Waals surface area contributed by atoms with Crippen LogP contribution in [-0.2, 0) is 9.53 Å². The van der Waals surface area contributed by atoms with Gasteiger partial charge in [-0.2, -0.15) is 0 Å². The molecule has 0 aliphatic carbocycles. The molecule has 1 fully saturated rings. The molecule has 0 unspecified atom stereocenters. The number of esters is 1. The number of ether oxygens (including phenoxy) is 1. The maximum Gasteiger partial charge on any atom is 0.339 e. The highest BCUT2D eigenvalue weighted by Gasteiger charge is 2.30. The summed E-state index contributed by atoms with van der Waals surface area (Å²) >= 11 is 0. The van der Waals surface area contributed by atoms with Gasteiger partial charge in [-0.05, 0) is 37.5 Å². The van der Waals surface area contributed by atoms with Crippen LogP contribution < -0.4 is 0 Å². The second-order valence-corrected chi connectivity index (χ2v) is 6.84. The van der Waals surface area contributed by atoms with Crippen LogP contribution in [0.3, 0.4) is 0 Å². The van der Waals surface area contributed by atoms with Gasteiger partial charge in [0.2, 0.25) is 6.10 Å². The Balaban J connectivity index is 1.60. The number of hydrogen-bond acceptors (Lipinski definition) is 5. The van der Waals surface area contributed by atoms with Crippen LogP contribution in [-0.4, -0.2) is 39.8 Å². The Morgan fingerprint density at radius 1 is 0.893 bits per heavy atom. The van der Waals surface area contributed by atoms with Crippen LogP contribution in [0.2, 0.25) is 0 Å². The molecule has 1 aliphatic rings. The molecule has 0 N–H and O–H groups in total. The van der Waals surface area contributed by atoms with E-state index in [4.69, 9.17) is 4.74 Å². The number of amides is 1. The first-order valence-electron chi connectivity index (χ1n) is 9.48. The van der Waals surface area contributed by atoms with Crippen LogP contribution in [0.1, 0.15) is 41.3 Å². The molecule has 1 amide bonds. The van der Waals surface area contributed by atoms with E-state index in [1.807, 2.05) is 30.3 Å². The molecule has 0 saturated carbocycles. The van der Waals surface area contributed by atoms with Crippen LogP contribution in [0.15, 0.2) is 60.9 Å². The highest BCUT2D eigenvalue weighted by molar-refractivity contribution is 5.95. The zero-order chi connectivity index (χ0) is 19.3. The molecule has 2 heterocycles. The monoisotopic (exact) mass is 375 g/mol. The second-order valence-electron chi connectivity index (χ2n) is 6.84. The maximum absolute atomic E-state index is 13.1. The summed E-state index contributed by atoms with van der Waals surface area (Å²) in [6.07, 6.45) is 5.30. The number of carbonyl (C=O) groups is 2. The summed E-state index contributed by atoms with van der Waals surface area (Å²) in [5, 5.41) is 0. The van der Waals surface area contributed by atoms with Crippen LogP contribution in [0.25, 0.3) is 11.0 Å². The molecule has 4 rings (SSSR count). The van der Waals surface area contributed by atoms with Gasteiger partial charge < -0.3 is 9.64 Å². The quantitative estimate of drug-likeness (QED) is 0.652. The minimum Gasteiger partial charge on any atom is -0.444 e. The molecule has 1 atom stereocenters. The van der Waals surface area contributed by atoms with Crippen molar-refractivity contribution >= 4 is 22.9 Å². The largest absolute Gasteiger partial charge is 0.444 e. The Labute approximate surface area is 163 Å². The first-order chi connectivity index (χ1) is 13.7. The van der Waals surface area contributed by atoms with E-state index < -0.39 is 12.1 Å². The average molecular weight is 375 g/mol. The molecule has 2 aromatic carbocycles. The third-order valence-electron chi connectivity index (χ3n) is 4.92. The van der Waals surface area contributed by atoms with Crippen LogP contribution in [0.4, 0.5) is 0 Å². The summed E-state index contributed by atoms with van der Waals surface area (Å²) in [5.74, 6) is -0.716. The first-order valence-corrected chi connectivity index (χ1v) is 9.48. The lowest BCUT2D eigenvalue weighted by Crippen LogP contribution is -2.40. The topological polar surface area (TPSA) is 72.4 Å². The van der Waals surface area contributed by atoms with Crippen molar-refractivity contribution in [3.05, 3.63) is 72.1 Å². The molecule has 6 nitrogen and oxygen atoms in total. The van der Waals surface area contributed by atoms with Crippen molar-refractivity contribution in [2.45, 2.75) is 25.4 Å². The van der Waals surface area contributed by atoms with Crippen molar-refractivity contribution in [1.29, 1.82) is 0 Å². The van der Waals surface area contributed by atoms with Crippen molar-refractivity contribution in [3.63, 3.8) is 0 Å². The molecular formula is C22H21N3O3. The number of likely N-dealkylation sites (tertiary alicyclic amines) is 1. The van der Waals surface area contributed by atoms with Crippen molar-refractivity contribution in [1.82, 2.24) is 14.9 Å². The van der Waals surface area contributed by atoms with Gasteiger partial charge >= 0.3 is 5.97 Å². The predicted molar refractivity (Wildman–Crippen MR) is 105 cm³/mol. The SMILES string of the molecule is O=C(O[C@@H](C(=O)N1CCCCC1)c1ccccc1)c1ccc2nccnc2c1. The van der Waals surface area contributed by atoms with Crippen LogP contribution >= 0.6 is 0 Å². The average Bonchev–Trinajstić information content (AvgIpc) is 2.77. The van der Waals surface area contributed by atoms with Gasteiger partial charge in [-0.25, -0.2) is 4.79 Å². The van der Waals surface area contributed by atoms with Gasteiger partial charge in [0, 0.05) is 31.0 Å². The van der Waals surface area contributed by atoms with Gasteiger partial charge in [-0.1, -0.05) is 30.3 Å². The van der Waals surface area contributed by atoms with Crippen LogP contribution in [0.5, 0.6) is 0 Å². The molecule has 0 radical (unpaired) electrons. The van der Waals surface area contributed by atoms with E-state index in [0.29, 0.717) is 35.2 Å². The second kappa shape index (κ2) is 8.17. The molecule has 142 valence electrons. The highest BCUT2D eigenvalue weighted by atomic mass is 16.5. The number of aromatic nitrogens is 2. The van der Waals surface area contributed by atoms with E-state index in [9.17, 15) is 9.59 Å². The molecule has 1 aliphatic heterocycles. The molecule has 1 saturated heterocycles. The zero-order valence-electron chi connectivity index (χ0n) is 15.5. The third-order valence-corrected chi connectivity index (χ3v) is 4.92. The number of nitrogens with zero attached hydrogens (tertiary/aromatic N) is 3. The van der Waals surface area contributed by atoms with Gasteiger partial charge in [0.1, 0.15) is 0 Å². The number of benzene rings is 2. The van der Waals surface area contributed by atoms with E-state index >= 15 is 0 Å². The lowest BCUT2D eigenvalue weighted by Gasteiger charge is -2.30. The van der Waals surface area contributed by atoms with Gasteiger partial charge in [-0.15, -0.1) is 0 Å². The number of fused-ring (bicyclic) bond motifs is 1. The standard InChI is InChI=1S/C22H21N3O3/c26-21(25-13-5-2-6-14-25)20(16-7-3-1-4-8-16)28-22(27)17-9-10-18-19(15-17)24-12-11-23-18/h1,3-4,7-12,15,20H,2,5-6,13-14H2/t20-/m1/s1. The lowest BCUT2D eigenvalue weighted by molar-refractivity contribution is -0.142. The molecule has 28 heavy (non-hydrogen) atoms. The smallest absolute Gasteiger partial charge is 0.339 e. The summed E-state index contributed by atoms with van der Waals surface area (Å²) in [6.45, 7) is 1.40. The normalized spacial score (nSPS) is 15.2. The van der Waals surface area contributed by atoms with Crippen LogP contribution in [0, 0.1) is 0 Å². The molecular weight excluding hydrogens is 354 g/mol. The fourth-order valence-corrected chi connectivity index (χ4v) is 3.43. The third kappa shape index (κ3) is 3.86. The summed E-state index contributed by atoms with van der Waals surface area (Å²) in [5.41, 5.74) is 2.33. The number of rotatable bonds is 4. The van der Waals surface area contributed by atoms with E-state index in [1.165, 1.54) is 0 Å². The molecule has 1 aromatic heterocycles. The Kier molecular flexibility index (Phi) is 5.28. The fourth-order valence-electron chi connectivity index (χ4n) is 3.43. The van der Waals surface area contributed by atoms with E-state index in [-0.39, 0.29) is 5.91 Å². The van der Waals surface area contributed by atoms with E-state index in [1.54, 1.807) is 35.5 Å². The Morgan fingerprint density at radius 2 is 1.61 bits per heavy atom. The van der Waals surface area contributed by atoms with Gasteiger partial charge in [0.05, 0.1) is 16.6 Å². The summed E-state index contributed by atoms with van der Waals surface area (Å²) < 4.78 is 5.71. The molecule has 3 aromatic rings. The van der Waals surface area contributed by atoms with E-state index in [0.717, 1.165) is 19.3 Å². The number of hydrogen-bond donors (Lipinski definition) is 0. The van der Waals surface area contributed by atoms with E-state index in [2.05, 4.69) is 9.97 Å². The molecule has 6 heteroatoms. The lowest BCUT2D eigenvalue weighted by atomic mass is 10.1. The summed E-state index contributed by atoms with van der Waals surface area (Å²) in [4.78, 5) is 36.1. The minimum atomic E-state index is -0.954. The first kappa shape index (κ1) is 18.1. The maximum atomic E-state index is 13.1. The minimum absolute atomic E-state index is 0.167. The molecule has 0 spiro atoms. The van der Waals surface area contributed by atoms with Crippen molar-refractivity contribution in [3.8, 4) is 0 Å². The summed E-state index contributed by atoms with van der Waals surface area (Å²) in [7, 11) is 0. The fraction of sp³-hybridized carbons (Fsp3) is 0.273. The zero-order valence-corrected chi connectivity index (χ0v) is 15.5. The van der Waals surface area contributed by atoms with Crippen molar-refractivity contribution in [2.24, 2.45) is 0 Å². The van der Waals surface area contributed by atoms with Crippen molar-refractivity contribution in [2.75, 3.05) is 13.1 Å². The number of piperidine rings is 1. The number of carbonyl (C=O) groups excluding carboxylic acids is 2. The van der Waals surface area contributed by atoms with Gasteiger partial charge in [0.15, 0.2) is 0 Å².